The molecule has 8 nitrogen and oxygen atoms in total. The lowest BCUT2D eigenvalue weighted by atomic mass is 9.93. The summed E-state index contributed by atoms with van der Waals surface area (Å²) >= 11 is 6.17. The number of carboxylic acid groups (broad SMARTS) is 1. The lowest BCUT2D eigenvalue weighted by molar-refractivity contribution is -0.144. The van der Waals surface area contributed by atoms with Gasteiger partial charge in [0.15, 0.2) is 11.2 Å². The number of aromatic nitrogens is 5. The number of halogens is 1. The Labute approximate surface area is 129 Å². The average molecular weight is 319 g/mol. The van der Waals surface area contributed by atoms with Crippen molar-refractivity contribution in [2.24, 2.45) is 0 Å². The van der Waals surface area contributed by atoms with Crippen LogP contribution in [0.3, 0.4) is 0 Å². The first-order valence-corrected chi connectivity index (χ1v) is 6.61. The first kappa shape index (κ1) is 14.2. The van der Waals surface area contributed by atoms with Crippen molar-refractivity contribution in [3.8, 4) is 0 Å². The summed E-state index contributed by atoms with van der Waals surface area (Å²) < 4.78 is 1.28. The molecule has 1 atom stereocenters. The van der Waals surface area contributed by atoms with Crippen LogP contribution >= 0.6 is 11.6 Å². The molecule has 0 aromatic carbocycles. The standard InChI is InChI=1S/C13H11ClN6O2/c1-13(12(21)22,8-5-17-10(15)2-9(8)14)20-11-7(4-19-20)3-16-6-18-11/h2-6H,1H3,(H2,15,17)(H,21,22). The molecule has 3 aromatic rings. The number of rotatable bonds is 3. The molecule has 0 fully saturated rings. The van der Waals surface area contributed by atoms with Crippen LogP contribution in [0, 0.1) is 0 Å². The van der Waals surface area contributed by atoms with Crippen molar-refractivity contribution in [3.05, 3.63) is 41.6 Å². The molecule has 0 bridgehead atoms. The van der Waals surface area contributed by atoms with Crippen LogP contribution in [-0.2, 0) is 10.3 Å². The molecule has 0 saturated heterocycles. The molecule has 112 valence electrons. The highest BCUT2D eigenvalue weighted by Crippen LogP contribution is 2.33. The number of carbonyl (C=O) groups is 1. The minimum absolute atomic E-state index is 0.190. The molecule has 3 N–H and O–H groups in total. The average Bonchev–Trinajstić information content (AvgIpc) is 2.90. The van der Waals surface area contributed by atoms with E-state index in [-0.39, 0.29) is 16.4 Å². The largest absolute Gasteiger partial charge is 0.479 e. The van der Waals surface area contributed by atoms with Gasteiger partial charge in [-0.15, -0.1) is 0 Å². The van der Waals surface area contributed by atoms with Gasteiger partial charge in [0.25, 0.3) is 0 Å². The van der Waals surface area contributed by atoms with Crippen LogP contribution in [0.1, 0.15) is 12.5 Å². The maximum atomic E-state index is 12.0. The first-order valence-electron chi connectivity index (χ1n) is 6.23. The molecule has 0 radical (unpaired) electrons. The van der Waals surface area contributed by atoms with Gasteiger partial charge in [-0.25, -0.2) is 24.4 Å². The predicted molar refractivity (Wildman–Crippen MR) is 79.4 cm³/mol. The smallest absolute Gasteiger partial charge is 0.336 e. The summed E-state index contributed by atoms with van der Waals surface area (Å²) in [5.74, 6) is -0.946. The summed E-state index contributed by atoms with van der Waals surface area (Å²) in [5, 5.41) is 14.7. The lowest BCUT2D eigenvalue weighted by Crippen LogP contribution is -2.41. The van der Waals surface area contributed by atoms with E-state index in [1.165, 1.54) is 36.4 Å². The molecule has 0 saturated carbocycles. The van der Waals surface area contributed by atoms with Gasteiger partial charge in [0.2, 0.25) is 0 Å². The van der Waals surface area contributed by atoms with Crippen molar-refractivity contribution >= 4 is 34.4 Å². The van der Waals surface area contributed by atoms with Crippen molar-refractivity contribution in [3.63, 3.8) is 0 Å². The number of fused-ring (bicyclic) bond motifs is 1. The molecule has 0 amide bonds. The highest BCUT2D eigenvalue weighted by Gasteiger charge is 2.41. The van der Waals surface area contributed by atoms with E-state index in [4.69, 9.17) is 17.3 Å². The fourth-order valence-corrected chi connectivity index (χ4v) is 2.57. The van der Waals surface area contributed by atoms with E-state index in [1.54, 1.807) is 6.20 Å². The topological polar surface area (TPSA) is 120 Å². The molecule has 1 unspecified atom stereocenters. The van der Waals surface area contributed by atoms with Gasteiger partial charge < -0.3 is 10.8 Å². The van der Waals surface area contributed by atoms with Crippen LogP contribution in [0.15, 0.2) is 31.0 Å². The third kappa shape index (κ3) is 1.96. The van der Waals surface area contributed by atoms with E-state index in [0.717, 1.165) is 0 Å². The maximum Gasteiger partial charge on any atom is 0.336 e. The molecule has 3 heterocycles. The van der Waals surface area contributed by atoms with Crippen LogP contribution in [0.2, 0.25) is 5.02 Å². The van der Waals surface area contributed by atoms with Gasteiger partial charge in [-0.05, 0) is 13.0 Å². The van der Waals surface area contributed by atoms with Crippen molar-refractivity contribution in [2.75, 3.05) is 5.73 Å². The van der Waals surface area contributed by atoms with Crippen molar-refractivity contribution in [1.29, 1.82) is 0 Å². The summed E-state index contributed by atoms with van der Waals surface area (Å²) in [6.07, 6.45) is 5.71. The van der Waals surface area contributed by atoms with Gasteiger partial charge in [0, 0.05) is 18.0 Å². The van der Waals surface area contributed by atoms with Crippen LogP contribution in [-0.4, -0.2) is 35.8 Å². The molecule has 22 heavy (non-hydrogen) atoms. The van der Waals surface area contributed by atoms with E-state index >= 15 is 0 Å². The Hall–Kier alpha value is -2.74. The number of nitrogens with zero attached hydrogens (tertiary/aromatic N) is 5. The normalized spacial score (nSPS) is 13.9. The Bertz CT molecular complexity index is 880. The second-order valence-electron chi connectivity index (χ2n) is 4.82. The van der Waals surface area contributed by atoms with Crippen LogP contribution in [0.4, 0.5) is 5.82 Å². The monoisotopic (exact) mass is 318 g/mol. The Morgan fingerprint density at radius 2 is 2.14 bits per heavy atom. The molecule has 0 aliphatic carbocycles. The Morgan fingerprint density at radius 3 is 2.82 bits per heavy atom. The fourth-order valence-electron chi connectivity index (χ4n) is 2.23. The molecule has 0 aliphatic heterocycles. The second kappa shape index (κ2) is 4.92. The van der Waals surface area contributed by atoms with E-state index in [2.05, 4.69) is 20.1 Å². The van der Waals surface area contributed by atoms with E-state index in [0.29, 0.717) is 11.0 Å². The van der Waals surface area contributed by atoms with Crippen molar-refractivity contribution in [2.45, 2.75) is 12.5 Å². The molecule has 9 heteroatoms. The summed E-state index contributed by atoms with van der Waals surface area (Å²) in [5.41, 5.74) is 4.63. The molecular weight excluding hydrogens is 308 g/mol. The zero-order chi connectivity index (χ0) is 15.9. The molecule has 0 aliphatic rings. The Balaban J connectivity index is 2.31. The van der Waals surface area contributed by atoms with Crippen LogP contribution < -0.4 is 5.73 Å². The van der Waals surface area contributed by atoms with Gasteiger partial charge in [0.1, 0.15) is 12.1 Å². The highest BCUT2D eigenvalue weighted by atomic mass is 35.5. The van der Waals surface area contributed by atoms with Gasteiger partial charge in [-0.1, -0.05) is 11.6 Å². The summed E-state index contributed by atoms with van der Waals surface area (Å²) in [7, 11) is 0. The maximum absolute atomic E-state index is 12.0. The molecule has 3 rings (SSSR count). The van der Waals surface area contributed by atoms with E-state index < -0.39 is 11.5 Å². The SMILES string of the molecule is CC(C(=O)O)(c1cnc(N)cc1Cl)n1ncc2cncnc21. The van der Waals surface area contributed by atoms with Crippen LogP contribution in [0.5, 0.6) is 0 Å². The van der Waals surface area contributed by atoms with Crippen molar-refractivity contribution < 1.29 is 9.90 Å². The zero-order valence-electron chi connectivity index (χ0n) is 11.4. The second-order valence-corrected chi connectivity index (χ2v) is 5.23. The number of carboxylic acids is 1. The zero-order valence-corrected chi connectivity index (χ0v) is 12.2. The lowest BCUT2D eigenvalue weighted by Gasteiger charge is -2.26. The quantitative estimate of drug-likeness (QED) is 0.746. The minimum atomic E-state index is -1.59. The minimum Gasteiger partial charge on any atom is -0.479 e. The number of hydrogen-bond acceptors (Lipinski definition) is 6. The van der Waals surface area contributed by atoms with Gasteiger partial charge in [-0.3, -0.25) is 0 Å². The number of hydrogen-bond donors (Lipinski definition) is 2. The highest BCUT2D eigenvalue weighted by molar-refractivity contribution is 6.32. The Kier molecular flexibility index (Phi) is 3.18. The number of anilines is 1. The number of pyridine rings is 1. The third-order valence-electron chi connectivity index (χ3n) is 3.47. The number of aliphatic carboxylic acids is 1. The predicted octanol–water partition coefficient (Wildman–Crippen LogP) is 1.30. The number of nitrogen functional groups attached to an aromatic ring is 1. The van der Waals surface area contributed by atoms with E-state index in [1.807, 2.05) is 0 Å². The van der Waals surface area contributed by atoms with Crippen LogP contribution in [0.25, 0.3) is 11.0 Å². The Morgan fingerprint density at radius 1 is 1.36 bits per heavy atom. The van der Waals surface area contributed by atoms with Gasteiger partial charge in [-0.2, -0.15) is 5.10 Å². The summed E-state index contributed by atoms with van der Waals surface area (Å²) in [4.78, 5) is 23.9. The third-order valence-corrected chi connectivity index (χ3v) is 3.78. The van der Waals surface area contributed by atoms with Gasteiger partial charge >= 0.3 is 5.97 Å². The summed E-state index contributed by atoms with van der Waals surface area (Å²) in [6, 6.07) is 1.40. The fraction of sp³-hybridized carbons (Fsp3) is 0.154. The first-order chi connectivity index (χ1) is 10.4. The summed E-state index contributed by atoms with van der Waals surface area (Å²) in [6.45, 7) is 1.48. The molecular formula is C13H11ClN6O2. The molecule has 0 spiro atoms. The van der Waals surface area contributed by atoms with Gasteiger partial charge in [0.05, 0.1) is 16.6 Å². The number of nitrogens with two attached hydrogens (primary N) is 1. The van der Waals surface area contributed by atoms with Crippen molar-refractivity contribution in [1.82, 2.24) is 24.7 Å². The van der Waals surface area contributed by atoms with E-state index in [9.17, 15) is 9.90 Å². The molecule has 3 aromatic heterocycles.